The molecule has 1 amide bonds. The van der Waals surface area contributed by atoms with Gasteiger partial charge in [-0.2, -0.15) is 13.2 Å². The number of alkyl halides is 3. The number of rotatable bonds is 7. The quantitative estimate of drug-likeness (QED) is 0.583. The van der Waals surface area contributed by atoms with Crippen molar-refractivity contribution in [2.24, 2.45) is 0 Å². The third-order valence-corrected chi connectivity index (χ3v) is 5.72. The Morgan fingerprint density at radius 3 is 2.38 bits per heavy atom. The third-order valence-electron chi connectivity index (χ3n) is 4.25. The number of halogens is 4. The number of carbonyl (C=O) groups is 2. The van der Waals surface area contributed by atoms with Crippen LogP contribution in [0.5, 0.6) is 0 Å². The molecule has 2 aromatic carbocycles. The molecule has 0 bridgehead atoms. The van der Waals surface area contributed by atoms with Crippen LogP contribution in [0.1, 0.15) is 28.4 Å². The van der Waals surface area contributed by atoms with E-state index in [4.69, 9.17) is 16.3 Å². The highest BCUT2D eigenvalue weighted by molar-refractivity contribution is 7.92. The normalized spacial score (nSPS) is 11.7. The highest BCUT2D eigenvalue weighted by Crippen LogP contribution is 2.37. The lowest BCUT2D eigenvalue weighted by Gasteiger charge is -2.23. The molecule has 0 saturated carbocycles. The van der Waals surface area contributed by atoms with Crippen molar-refractivity contribution in [2.45, 2.75) is 20.0 Å². The topological polar surface area (TPSA) is 92.8 Å². The summed E-state index contributed by atoms with van der Waals surface area (Å²) in [5, 5.41) is 1.87. The zero-order chi connectivity index (χ0) is 24.3. The van der Waals surface area contributed by atoms with Gasteiger partial charge in [-0.05, 0) is 49.7 Å². The van der Waals surface area contributed by atoms with Crippen LogP contribution in [-0.2, 0) is 25.7 Å². The Morgan fingerprint density at radius 2 is 1.81 bits per heavy atom. The van der Waals surface area contributed by atoms with Crippen LogP contribution < -0.4 is 9.62 Å². The van der Waals surface area contributed by atoms with Gasteiger partial charge in [-0.25, -0.2) is 13.2 Å². The highest BCUT2D eigenvalue weighted by Gasteiger charge is 2.34. The lowest BCUT2D eigenvalue weighted by Crippen LogP contribution is -2.37. The molecule has 0 aliphatic carbocycles. The minimum Gasteiger partial charge on any atom is -0.462 e. The van der Waals surface area contributed by atoms with Crippen molar-refractivity contribution in [3.63, 3.8) is 0 Å². The molecule has 0 unspecified atom stereocenters. The first-order chi connectivity index (χ1) is 14.7. The molecule has 7 nitrogen and oxygen atoms in total. The van der Waals surface area contributed by atoms with E-state index in [2.05, 4.69) is 5.32 Å². The predicted octanol–water partition coefficient (Wildman–Crippen LogP) is 4.25. The maximum Gasteiger partial charge on any atom is 0.417 e. The summed E-state index contributed by atoms with van der Waals surface area (Å²) in [7, 11) is -4.13. The maximum atomic E-state index is 13.2. The van der Waals surface area contributed by atoms with Gasteiger partial charge in [-0.15, -0.1) is 0 Å². The monoisotopic (exact) mass is 492 g/mol. The van der Waals surface area contributed by atoms with E-state index in [0.29, 0.717) is 15.9 Å². The van der Waals surface area contributed by atoms with Gasteiger partial charge >= 0.3 is 12.1 Å². The molecule has 0 aliphatic rings. The van der Waals surface area contributed by atoms with Crippen molar-refractivity contribution in [1.82, 2.24) is 0 Å². The number of hydrogen-bond donors (Lipinski definition) is 1. The summed E-state index contributed by atoms with van der Waals surface area (Å²) in [5.74, 6) is -1.44. The smallest absolute Gasteiger partial charge is 0.417 e. The van der Waals surface area contributed by atoms with E-state index in [1.165, 1.54) is 12.1 Å². The molecular weight excluding hydrogens is 473 g/mol. The van der Waals surface area contributed by atoms with Crippen molar-refractivity contribution in [2.75, 3.05) is 29.0 Å². The molecule has 0 heterocycles. The SMILES string of the molecule is CCOC(=O)c1ccc(C)c(NC(=O)CN(c2ccc(Cl)c(C(F)(F)F)c2)S(C)(=O)=O)c1. The second-order valence-corrected chi connectivity index (χ2v) is 9.04. The predicted molar refractivity (Wildman–Crippen MR) is 114 cm³/mol. The van der Waals surface area contributed by atoms with Gasteiger partial charge in [-0.1, -0.05) is 17.7 Å². The number of nitrogens with one attached hydrogen (secondary N) is 1. The number of carbonyl (C=O) groups excluding carboxylic acids is 2. The summed E-state index contributed by atoms with van der Waals surface area (Å²) in [6, 6.07) is 6.95. The fourth-order valence-electron chi connectivity index (χ4n) is 2.70. The molecule has 0 aliphatic heterocycles. The largest absolute Gasteiger partial charge is 0.462 e. The Bertz CT molecular complexity index is 1140. The van der Waals surface area contributed by atoms with Crippen molar-refractivity contribution in [3.8, 4) is 0 Å². The number of amides is 1. The summed E-state index contributed by atoms with van der Waals surface area (Å²) in [6.07, 6.45) is -4.06. The van der Waals surface area contributed by atoms with E-state index in [1.807, 2.05) is 0 Å². The van der Waals surface area contributed by atoms with Gasteiger partial charge in [0.05, 0.1) is 34.7 Å². The average Bonchev–Trinajstić information content (AvgIpc) is 2.67. The Morgan fingerprint density at radius 1 is 1.16 bits per heavy atom. The zero-order valence-corrected chi connectivity index (χ0v) is 18.9. The van der Waals surface area contributed by atoms with E-state index in [0.717, 1.165) is 18.4 Å². The maximum absolute atomic E-state index is 13.2. The highest BCUT2D eigenvalue weighted by atomic mass is 35.5. The van der Waals surface area contributed by atoms with Gasteiger partial charge in [-0.3, -0.25) is 9.10 Å². The van der Waals surface area contributed by atoms with E-state index < -0.39 is 45.2 Å². The molecule has 0 atom stereocenters. The van der Waals surface area contributed by atoms with E-state index >= 15 is 0 Å². The molecule has 32 heavy (non-hydrogen) atoms. The van der Waals surface area contributed by atoms with Gasteiger partial charge in [0, 0.05) is 5.69 Å². The molecule has 12 heteroatoms. The van der Waals surface area contributed by atoms with Crippen molar-refractivity contribution in [3.05, 3.63) is 58.1 Å². The van der Waals surface area contributed by atoms with Gasteiger partial charge in [0.15, 0.2) is 0 Å². The van der Waals surface area contributed by atoms with Crippen LogP contribution >= 0.6 is 11.6 Å². The Kier molecular flexibility index (Phi) is 7.79. The summed E-state index contributed by atoms with van der Waals surface area (Å²) in [4.78, 5) is 24.5. The fourth-order valence-corrected chi connectivity index (χ4v) is 3.78. The average molecular weight is 493 g/mol. The van der Waals surface area contributed by atoms with Gasteiger partial charge in [0.2, 0.25) is 15.9 Å². The third kappa shape index (κ3) is 6.36. The number of anilines is 2. The second kappa shape index (κ2) is 9.78. The number of ether oxygens (including phenoxy) is 1. The van der Waals surface area contributed by atoms with Crippen LogP contribution in [0.3, 0.4) is 0 Å². The number of benzene rings is 2. The molecule has 0 saturated heterocycles. The van der Waals surface area contributed by atoms with Crippen LogP contribution in [0.2, 0.25) is 5.02 Å². The van der Waals surface area contributed by atoms with Crippen LogP contribution in [0, 0.1) is 6.92 Å². The van der Waals surface area contributed by atoms with Gasteiger partial charge < -0.3 is 10.1 Å². The molecule has 2 aromatic rings. The zero-order valence-electron chi connectivity index (χ0n) is 17.3. The van der Waals surface area contributed by atoms with Crippen LogP contribution in [0.25, 0.3) is 0 Å². The molecular formula is C20H20ClF3N2O5S. The molecule has 0 fully saturated rings. The lowest BCUT2D eigenvalue weighted by molar-refractivity contribution is -0.137. The number of nitrogens with zero attached hydrogens (tertiary/aromatic N) is 1. The summed E-state index contributed by atoms with van der Waals surface area (Å²) >= 11 is 5.59. The number of hydrogen-bond acceptors (Lipinski definition) is 5. The van der Waals surface area contributed by atoms with Crippen molar-refractivity contribution in [1.29, 1.82) is 0 Å². The molecule has 0 aromatic heterocycles. The summed E-state index contributed by atoms with van der Waals surface area (Å²) in [5.41, 5.74) is -0.649. The second-order valence-electron chi connectivity index (χ2n) is 6.73. The first-order valence-electron chi connectivity index (χ1n) is 9.16. The van der Waals surface area contributed by atoms with Crippen LogP contribution in [-0.4, -0.2) is 39.7 Å². The van der Waals surface area contributed by atoms with Crippen LogP contribution in [0.4, 0.5) is 24.5 Å². The van der Waals surface area contributed by atoms with Gasteiger partial charge in [0.25, 0.3) is 0 Å². The van der Waals surface area contributed by atoms with E-state index in [1.54, 1.807) is 19.9 Å². The van der Waals surface area contributed by atoms with E-state index in [-0.39, 0.29) is 23.5 Å². The Balaban J connectivity index is 2.34. The summed E-state index contributed by atoms with van der Waals surface area (Å²) in [6.45, 7) is 2.63. The molecule has 2 rings (SSSR count). The van der Waals surface area contributed by atoms with Crippen molar-refractivity contribution < 1.29 is 35.9 Å². The molecule has 0 spiro atoms. The number of sulfonamides is 1. The van der Waals surface area contributed by atoms with Crippen molar-refractivity contribution >= 4 is 44.9 Å². The Hall–Kier alpha value is -2.79. The minimum absolute atomic E-state index is 0.152. The molecule has 174 valence electrons. The molecule has 0 radical (unpaired) electrons. The van der Waals surface area contributed by atoms with E-state index in [9.17, 15) is 31.2 Å². The number of aryl methyl sites for hydroxylation is 1. The lowest BCUT2D eigenvalue weighted by atomic mass is 10.1. The van der Waals surface area contributed by atoms with Crippen LogP contribution in [0.15, 0.2) is 36.4 Å². The first kappa shape index (κ1) is 25.5. The first-order valence-corrected chi connectivity index (χ1v) is 11.4. The fraction of sp³-hybridized carbons (Fsp3) is 0.300. The van der Waals surface area contributed by atoms with Gasteiger partial charge in [0.1, 0.15) is 6.54 Å². The minimum atomic E-state index is -4.82. The standard InChI is InChI=1S/C20H20ClF3N2O5S/c1-4-31-19(28)13-6-5-12(2)17(9-13)25-18(27)11-26(32(3,29)30)14-7-8-16(21)15(10-14)20(22,23)24/h5-10H,4,11H2,1-3H3,(H,25,27). The molecule has 1 N–H and O–H groups in total. The number of esters is 1. The summed E-state index contributed by atoms with van der Waals surface area (Å²) < 4.78 is 69.4. The Labute approximate surface area is 188 Å².